The van der Waals surface area contributed by atoms with Gasteiger partial charge in [0.15, 0.2) is 0 Å². The Balaban J connectivity index is 4.66. The Labute approximate surface area is 83.2 Å². The monoisotopic (exact) mass is 200 g/mol. The highest BCUT2D eigenvalue weighted by Crippen LogP contribution is 2.28. The molecule has 0 aromatic carbocycles. The summed E-state index contributed by atoms with van der Waals surface area (Å²) in [6, 6.07) is 0. The van der Waals surface area contributed by atoms with Gasteiger partial charge in [0.25, 0.3) is 0 Å². The number of aliphatic hydroxyl groups excluding tert-OH is 1. The van der Waals surface area contributed by atoms with Crippen LogP contribution in [0, 0.1) is 21.1 Å². The van der Waals surface area contributed by atoms with Crippen molar-refractivity contribution in [2.24, 2.45) is 21.7 Å². The summed E-state index contributed by atoms with van der Waals surface area (Å²) in [5, 5.41) is 14.5. The van der Waals surface area contributed by atoms with Gasteiger partial charge >= 0.3 is 0 Å². The molecule has 0 aromatic rings. The van der Waals surface area contributed by atoms with Crippen molar-refractivity contribution in [1.29, 1.82) is 0 Å². The Morgan fingerprint density at radius 1 is 1.43 bits per heavy atom. The average Bonchev–Trinajstić information content (AvgIpc) is 2.14. The normalized spacial score (nSPS) is 15.7. The van der Waals surface area contributed by atoms with Crippen LogP contribution >= 0.6 is 0 Å². The van der Waals surface area contributed by atoms with Crippen LogP contribution in [0.4, 0.5) is 0 Å². The molecule has 0 aliphatic heterocycles. The van der Waals surface area contributed by atoms with Crippen molar-refractivity contribution < 1.29 is 5.11 Å². The van der Waals surface area contributed by atoms with Crippen LogP contribution in [0.5, 0.6) is 0 Å². The summed E-state index contributed by atoms with van der Waals surface area (Å²) in [6.45, 7) is 3.70. The lowest BCUT2D eigenvalue weighted by atomic mass is 9.81. The van der Waals surface area contributed by atoms with Crippen molar-refractivity contribution in [3.8, 4) is 0 Å². The van der Waals surface area contributed by atoms with E-state index in [4.69, 9.17) is 0 Å². The molecule has 5 nitrogen and oxygen atoms in total. The second kappa shape index (κ2) is 6.37. The lowest BCUT2D eigenvalue weighted by Gasteiger charge is -2.26. The average molecular weight is 200 g/mol. The van der Waals surface area contributed by atoms with Gasteiger partial charge in [-0.25, -0.2) is 0 Å². The zero-order chi connectivity index (χ0) is 11.0. The van der Waals surface area contributed by atoms with E-state index in [1.807, 2.05) is 13.8 Å². The van der Waals surface area contributed by atoms with Crippen molar-refractivity contribution in [3.63, 3.8) is 0 Å². The lowest BCUT2D eigenvalue weighted by molar-refractivity contribution is 0.151. The van der Waals surface area contributed by atoms with Crippen LogP contribution < -0.4 is 0 Å². The predicted molar refractivity (Wildman–Crippen MR) is 54.6 cm³/mol. The first-order valence-corrected chi connectivity index (χ1v) is 4.50. The fourth-order valence-corrected chi connectivity index (χ4v) is 1.48. The van der Waals surface area contributed by atoms with E-state index < -0.39 is 5.41 Å². The van der Waals surface area contributed by atoms with Crippen LogP contribution in [0.2, 0.25) is 0 Å². The molecule has 0 amide bonds. The predicted octanol–water partition coefficient (Wildman–Crippen LogP) is 2.06. The molecule has 0 fully saturated rings. The second-order valence-electron chi connectivity index (χ2n) is 3.83. The van der Waals surface area contributed by atoms with Gasteiger partial charge in [0.2, 0.25) is 0 Å². The Hall–Kier alpha value is -1.10. The molecule has 1 unspecified atom stereocenters. The smallest absolute Gasteiger partial charge is 0.0924 e. The molecule has 80 valence electrons. The van der Waals surface area contributed by atoms with Crippen LogP contribution in [-0.4, -0.2) is 18.3 Å². The summed E-state index contributed by atoms with van der Waals surface area (Å²) in [6.07, 6.45) is 3.12. The quantitative estimate of drug-likeness (QED) is 0.639. The summed E-state index contributed by atoms with van der Waals surface area (Å²) in [7, 11) is 0. The first kappa shape index (κ1) is 12.9. The van der Waals surface area contributed by atoms with Gasteiger partial charge in [-0.05, 0) is 17.5 Å². The minimum Gasteiger partial charge on any atom is -0.395 e. The maximum absolute atomic E-state index is 10.2. The van der Waals surface area contributed by atoms with Crippen LogP contribution in [0.1, 0.15) is 20.3 Å². The first-order chi connectivity index (χ1) is 6.60. The van der Waals surface area contributed by atoms with E-state index in [1.165, 1.54) is 6.08 Å². The molecule has 0 bridgehead atoms. The van der Waals surface area contributed by atoms with Crippen LogP contribution in [0.3, 0.4) is 0 Å². The molecule has 0 radical (unpaired) electrons. The Bertz CT molecular complexity index is 216. The third kappa shape index (κ3) is 4.23. The number of aliphatic hydroxyl groups is 1. The third-order valence-electron chi connectivity index (χ3n) is 2.00. The summed E-state index contributed by atoms with van der Waals surface area (Å²) in [5.74, 6) is 0.306. The highest BCUT2D eigenvalue weighted by atomic mass is 16.3. The highest BCUT2D eigenvalue weighted by molar-refractivity contribution is 5.00. The minimum atomic E-state index is -0.732. The number of nitroso groups, excluding NO2 is 2. The third-order valence-corrected chi connectivity index (χ3v) is 2.00. The summed E-state index contributed by atoms with van der Waals surface area (Å²) >= 11 is 0. The Morgan fingerprint density at radius 2 is 2.07 bits per heavy atom. The second-order valence-corrected chi connectivity index (χ2v) is 3.83. The number of hydrogen-bond donors (Lipinski definition) is 1. The number of hydrogen-bond acceptors (Lipinski definition) is 5. The maximum Gasteiger partial charge on any atom is 0.0924 e. The highest BCUT2D eigenvalue weighted by Gasteiger charge is 2.28. The topological polar surface area (TPSA) is 79.1 Å². The van der Waals surface area contributed by atoms with Crippen molar-refractivity contribution in [1.82, 2.24) is 0 Å². The Kier molecular flexibility index (Phi) is 5.87. The van der Waals surface area contributed by atoms with E-state index in [1.54, 1.807) is 0 Å². The summed E-state index contributed by atoms with van der Waals surface area (Å²) in [5.41, 5.74) is -0.732. The molecule has 0 aromatic heterocycles. The van der Waals surface area contributed by atoms with Gasteiger partial charge < -0.3 is 5.11 Å². The van der Waals surface area contributed by atoms with Gasteiger partial charge in [-0.15, -0.1) is 4.91 Å². The molecular formula is C9H16N2O3. The zero-order valence-corrected chi connectivity index (χ0v) is 8.51. The van der Waals surface area contributed by atoms with Crippen LogP contribution in [0.25, 0.3) is 0 Å². The van der Waals surface area contributed by atoms with E-state index in [0.717, 1.165) is 6.20 Å². The maximum atomic E-state index is 10.2. The molecular weight excluding hydrogens is 184 g/mol. The van der Waals surface area contributed by atoms with Gasteiger partial charge in [0.05, 0.1) is 19.4 Å². The summed E-state index contributed by atoms with van der Waals surface area (Å²) in [4.78, 5) is 20.2. The SMILES string of the molecule is CC(C)CC(C=CN=O)(CO)CN=O. The van der Waals surface area contributed by atoms with Crippen molar-refractivity contribution in [2.45, 2.75) is 20.3 Å². The van der Waals surface area contributed by atoms with E-state index >= 15 is 0 Å². The molecule has 0 saturated heterocycles. The molecule has 0 aliphatic rings. The van der Waals surface area contributed by atoms with Gasteiger partial charge in [-0.1, -0.05) is 25.1 Å². The van der Waals surface area contributed by atoms with Crippen molar-refractivity contribution in [3.05, 3.63) is 22.1 Å². The van der Waals surface area contributed by atoms with Gasteiger partial charge in [-0.2, -0.15) is 4.91 Å². The Morgan fingerprint density at radius 3 is 2.43 bits per heavy atom. The standard InChI is InChI=1S/C9H16N2O3/c1-8(2)5-9(7-12,6-11-14)3-4-10-13/h3-4,8,12H,5-7H2,1-2H3. The zero-order valence-electron chi connectivity index (χ0n) is 8.51. The van der Waals surface area contributed by atoms with Gasteiger partial charge in [0, 0.05) is 5.41 Å². The van der Waals surface area contributed by atoms with Gasteiger partial charge in [0.1, 0.15) is 0 Å². The van der Waals surface area contributed by atoms with E-state index in [-0.39, 0.29) is 13.2 Å². The van der Waals surface area contributed by atoms with E-state index in [2.05, 4.69) is 10.4 Å². The fraction of sp³-hybridized carbons (Fsp3) is 0.778. The van der Waals surface area contributed by atoms with Crippen molar-refractivity contribution in [2.75, 3.05) is 13.2 Å². The van der Waals surface area contributed by atoms with Crippen LogP contribution in [0.15, 0.2) is 22.6 Å². The molecule has 0 saturated carbocycles. The van der Waals surface area contributed by atoms with Crippen LogP contribution in [-0.2, 0) is 0 Å². The van der Waals surface area contributed by atoms with Crippen molar-refractivity contribution >= 4 is 0 Å². The molecule has 0 spiro atoms. The molecule has 14 heavy (non-hydrogen) atoms. The molecule has 0 aliphatic carbocycles. The minimum absolute atomic E-state index is 0.0340. The molecule has 0 heterocycles. The lowest BCUT2D eigenvalue weighted by Crippen LogP contribution is -2.28. The fourth-order valence-electron chi connectivity index (χ4n) is 1.48. The van der Waals surface area contributed by atoms with Gasteiger partial charge in [-0.3, -0.25) is 0 Å². The molecule has 0 rings (SSSR count). The first-order valence-electron chi connectivity index (χ1n) is 4.50. The summed E-state index contributed by atoms with van der Waals surface area (Å²) < 4.78 is 0. The molecule has 1 atom stereocenters. The van der Waals surface area contributed by atoms with E-state index in [9.17, 15) is 14.9 Å². The number of rotatable bonds is 7. The molecule has 1 N–H and O–H groups in total. The molecule has 5 heteroatoms. The largest absolute Gasteiger partial charge is 0.395 e. The van der Waals surface area contributed by atoms with E-state index in [0.29, 0.717) is 12.3 Å². The number of nitrogens with zero attached hydrogens (tertiary/aromatic N) is 2.